The van der Waals surface area contributed by atoms with E-state index < -0.39 is 5.82 Å². The third-order valence-corrected chi connectivity index (χ3v) is 4.54. The van der Waals surface area contributed by atoms with E-state index in [0.717, 1.165) is 28.2 Å². The molecule has 0 atom stereocenters. The molecule has 1 aromatic heterocycles. The number of nitrogens with one attached hydrogen (secondary N) is 1. The molecule has 2 aromatic carbocycles. The van der Waals surface area contributed by atoms with Crippen molar-refractivity contribution in [3.8, 4) is 6.07 Å². The maximum absolute atomic E-state index is 13.6. The Bertz CT molecular complexity index is 998. The van der Waals surface area contributed by atoms with Gasteiger partial charge in [0, 0.05) is 5.39 Å². The number of pyridine rings is 1. The van der Waals surface area contributed by atoms with Gasteiger partial charge in [-0.2, -0.15) is 5.26 Å². The number of rotatable bonds is 4. The van der Waals surface area contributed by atoms with Gasteiger partial charge in [-0.3, -0.25) is 4.79 Å². The Balaban J connectivity index is 1.77. The summed E-state index contributed by atoms with van der Waals surface area (Å²) in [7, 11) is 0. The van der Waals surface area contributed by atoms with Crippen LogP contribution in [0.15, 0.2) is 53.6 Å². The van der Waals surface area contributed by atoms with E-state index in [-0.39, 0.29) is 17.3 Å². The topological polar surface area (TPSA) is 65.8 Å². The first kappa shape index (κ1) is 16.9. The Morgan fingerprint density at radius 3 is 2.84 bits per heavy atom. The third kappa shape index (κ3) is 3.95. The lowest BCUT2D eigenvalue weighted by atomic mass is 10.1. The van der Waals surface area contributed by atoms with Crippen molar-refractivity contribution in [3.63, 3.8) is 0 Å². The number of thioether (sulfide) groups is 1. The van der Waals surface area contributed by atoms with Crippen LogP contribution in [0, 0.1) is 24.1 Å². The lowest BCUT2D eigenvalue weighted by molar-refractivity contribution is -0.113. The normalized spacial score (nSPS) is 10.4. The fourth-order valence-electron chi connectivity index (χ4n) is 2.33. The molecule has 1 amide bonds. The molecule has 4 nitrogen and oxygen atoms in total. The number of aryl methyl sites for hydroxylation is 1. The molecule has 0 saturated heterocycles. The number of carbonyl (C=O) groups is 1. The average molecular weight is 351 g/mol. The second-order valence-electron chi connectivity index (χ2n) is 5.47. The van der Waals surface area contributed by atoms with Crippen LogP contribution in [0.3, 0.4) is 0 Å². The quantitative estimate of drug-likeness (QED) is 0.712. The zero-order chi connectivity index (χ0) is 17.8. The number of carbonyl (C=O) groups excluding carboxylic acids is 1. The smallest absolute Gasteiger partial charge is 0.234 e. The average Bonchev–Trinajstić information content (AvgIpc) is 2.61. The highest BCUT2D eigenvalue weighted by Crippen LogP contribution is 2.25. The summed E-state index contributed by atoms with van der Waals surface area (Å²) in [6, 6.07) is 15.7. The van der Waals surface area contributed by atoms with Gasteiger partial charge in [0.1, 0.15) is 16.9 Å². The number of aromatic nitrogens is 1. The maximum Gasteiger partial charge on any atom is 0.234 e. The van der Waals surface area contributed by atoms with Gasteiger partial charge in [0.15, 0.2) is 0 Å². The van der Waals surface area contributed by atoms with Crippen LogP contribution in [0.25, 0.3) is 10.9 Å². The van der Waals surface area contributed by atoms with E-state index in [1.165, 1.54) is 12.1 Å². The van der Waals surface area contributed by atoms with E-state index in [1.807, 2.05) is 25.1 Å². The van der Waals surface area contributed by atoms with Gasteiger partial charge in [-0.25, -0.2) is 9.37 Å². The fourth-order valence-corrected chi connectivity index (χ4v) is 3.10. The molecule has 6 heteroatoms. The first-order chi connectivity index (χ1) is 12.1. The summed E-state index contributed by atoms with van der Waals surface area (Å²) < 4.78 is 13.6. The van der Waals surface area contributed by atoms with Crippen LogP contribution in [-0.4, -0.2) is 16.6 Å². The Labute approximate surface area is 148 Å². The first-order valence-electron chi connectivity index (χ1n) is 7.55. The summed E-state index contributed by atoms with van der Waals surface area (Å²) in [6.07, 6.45) is 0. The zero-order valence-corrected chi connectivity index (χ0v) is 14.2. The standard InChI is InChI=1S/C19H14FN3OS/c1-12-6-7-13-9-14(10-21)19(23-17(13)8-12)25-11-18(24)22-16-5-3-2-4-15(16)20/h2-9H,11H2,1H3,(H,22,24). The molecule has 0 radical (unpaired) electrons. The minimum Gasteiger partial charge on any atom is -0.323 e. The van der Waals surface area contributed by atoms with Gasteiger partial charge >= 0.3 is 0 Å². The number of para-hydroxylation sites is 1. The Morgan fingerprint density at radius 1 is 1.28 bits per heavy atom. The van der Waals surface area contributed by atoms with Crippen LogP contribution in [0.1, 0.15) is 11.1 Å². The van der Waals surface area contributed by atoms with Crippen LogP contribution in [-0.2, 0) is 4.79 Å². The molecule has 0 aliphatic carbocycles. The van der Waals surface area contributed by atoms with E-state index in [4.69, 9.17) is 0 Å². The van der Waals surface area contributed by atoms with E-state index in [0.29, 0.717) is 10.6 Å². The molecule has 0 aliphatic heterocycles. The van der Waals surface area contributed by atoms with E-state index in [2.05, 4.69) is 16.4 Å². The second kappa shape index (κ2) is 7.32. The van der Waals surface area contributed by atoms with Gasteiger partial charge < -0.3 is 5.32 Å². The van der Waals surface area contributed by atoms with Crippen molar-refractivity contribution in [2.24, 2.45) is 0 Å². The van der Waals surface area contributed by atoms with E-state index >= 15 is 0 Å². The third-order valence-electron chi connectivity index (χ3n) is 3.55. The van der Waals surface area contributed by atoms with E-state index in [1.54, 1.807) is 18.2 Å². The highest BCUT2D eigenvalue weighted by atomic mass is 32.2. The molecule has 0 aliphatic rings. The van der Waals surface area contributed by atoms with Crippen LogP contribution < -0.4 is 5.32 Å². The number of halogens is 1. The second-order valence-corrected chi connectivity index (χ2v) is 6.43. The largest absolute Gasteiger partial charge is 0.323 e. The SMILES string of the molecule is Cc1ccc2cc(C#N)c(SCC(=O)Nc3ccccc3F)nc2c1. The monoisotopic (exact) mass is 351 g/mol. The molecule has 0 saturated carbocycles. The van der Waals surface area contributed by atoms with Crippen molar-refractivity contribution in [1.29, 1.82) is 5.26 Å². The lowest BCUT2D eigenvalue weighted by Gasteiger charge is -2.08. The van der Waals surface area contributed by atoms with E-state index in [9.17, 15) is 14.4 Å². The molecule has 3 rings (SSSR count). The summed E-state index contributed by atoms with van der Waals surface area (Å²) in [5, 5.41) is 13.2. The Kier molecular flexibility index (Phi) is 4.96. The summed E-state index contributed by atoms with van der Waals surface area (Å²) >= 11 is 1.16. The van der Waals surface area contributed by atoms with Crippen molar-refractivity contribution < 1.29 is 9.18 Å². The predicted molar refractivity (Wildman–Crippen MR) is 96.9 cm³/mol. The number of benzene rings is 2. The number of anilines is 1. The van der Waals surface area contributed by atoms with Crippen LogP contribution in [0.2, 0.25) is 0 Å². The Morgan fingerprint density at radius 2 is 2.08 bits per heavy atom. The number of nitrogens with zero attached hydrogens (tertiary/aromatic N) is 2. The molecule has 25 heavy (non-hydrogen) atoms. The molecule has 0 unspecified atom stereocenters. The van der Waals surface area contributed by atoms with Crippen molar-refractivity contribution >= 4 is 34.3 Å². The summed E-state index contributed by atoms with van der Waals surface area (Å²) in [5.74, 6) is -0.809. The number of fused-ring (bicyclic) bond motifs is 1. The number of hydrogen-bond acceptors (Lipinski definition) is 4. The van der Waals surface area contributed by atoms with Crippen molar-refractivity contribution in [3.05, 3.63) is 65.5 Å². The minimum atomic E-state index is -0.488. The molecule has 0 bridgehead atoms. The van der Waals surface area contributed by atoms with Crippen LogP contribution >= 0.6 is 11.8 Å². The molecule has 0 spiro atoms. The van der Waals surface area contributed by atoms with Crippen LogP contribution in [0.5, 0.6) is 0 Å². The van der Waals surface area contributed by atoms with Gasteiger partial charge in [-0.15, -0.1) is 0 Å². The number of nitriles is 1. The zero-order valence-electron chi connectivity index (χ0n) is 13.4. The fraction of sp³-hybridized carbons (Fsp3) is 0.105. The highest BCUT2D eigenvalue weighted by molar-refractivity contribution is 8.00. The Hall–Kier alpha value is -2.91. The summed E-state index contributed by atoms with van der Waals surface area (Å²) in [6.45, 7) is 1.97. The highest BCUT2D eigenvalue weighted by Gasteiger charge is 2.11. The number of hydrogen-bond donors (Lipinski definition) is 1. The lowest BCUT2D eigenvalue weighted by Crippen LogP contribution is -2.15. The molecular weight excluding hydrogens is 337 g/mol. The van der Waals surface area contributed by atoms with Crippen molar-refractivity contribution in [2.75, 3.05) is 11.1 Å². The van der Waals surface area contributed by atoms with Gasteiger partial charge in [0.25, 0.3) is 0 Å². The van der Waals surface area contributed by atoms with Crippen LogP contribution in [0.4, 0.5) is 10.1 Å². The van der Waals surface area contributed by atoms with Gasteiger partial charge in [-0.05, 0) is 36.8 Å². The van der Waals surface area contributed by atoms with Gasteiger partial charge in [0.05, 0.1) is 22.5 Å². The molecule has 124 valence electrons. The molecule has 1 N–H and O–H groups in total. The molecule has 0 fully saturated rings. The van der Waals surface area contributed by atoms with Gasteiger partial charge in [-0.1, -0.05) is 36.0 Å². The summed E-state index contributed by atoms with van der Waals surface area (Å²) in [5.41, 5.74) is 2.39. The van der Waals surface area contributed by atoms with Crippen molar-refractivity contribution in [1.82, 2.24) is 4.98 Å². The molecule has 3 aromatic rings. The maximum atomic E-state index is 13.6. The molecule has 1 heterocycles. The first-order valence-corrected chi connectivity index (χ1v) is 8.54. The minimum absolute atomic E-state index is 0.0351. The van der Waals surface area contributed by atoms with Gasteiger partial charge in [0.2, 0.25) is 5.91 Å². The van der Waals surface area contributed by atoms with Crippen molar-refractivity contribution in [2.45, 2.75) is 11.9 Å². The molecular formula is C19H14FN3OS. The number of amides is 1. The summed E-state index contributed by atoms with van der Waals surface area (Å²) in [4.78, 5) is 16.5. The predicted octanol–water partition coefficient (Wildman–Crippen LogP) is 4.28.